The molecular weight excluding hydrogens is 298 g/mol. The quantitative estimate of drug-likeness (QED) is 0.935. The SMILES string of the molecule is Cc1cc(Br)cc(C(O)Cc2csc(C)n2)c1. The summed E-state index contributed by atoms with van der Waals surface area (Å²) in [4.78, 5) is 4.37. The van der Waals surface area contributed by atoms with Crippen molar-refractivity contribution in [3.63, 3.8) is 0 Å². The monoisotopic (exact) mass is 311 g/mol. The molecule has 0 amide bonds. The first-order chi connectivity index (χ1) is 8.04. The van der Waals surface area contributed by atoms with Crippen LogP contribution in [0.15, 0.2) is 28.1 Å². The molecule has 2 aromatic rings. The zero-order valence-electron chi connectivity index (χ0n) is 9.77. The number of aliphatic hydroxyl groups is 1. The van der Waals surface area contributed by atoms with Gasteiger partial charge in [-0.25, -0.2) is 4.98 Å². The molecule has 1 aromatic heterocycles. The van der Waals surface area contributed by atoms with Crippen molar-refractivity contribution >= 4 is 27.3 Å². The van der Waals surface area contributed by atoms with Crippen LogP contribution in [0.4, 0.5) is 0 Å². The van der Waals surface area contributed by atoms with E-state index in [2.05, 4.69) is 20.9 Å². The van der Waals surface area contributed by atoms with Gasteiger partial charge in [0.25, 0.3) is 0 Å². The fourth-order valence-electron chi connectivity index (χ4n) is 1.77. The summed E-state index contributed by atoms with van der Waals surface area (Å²) in [6.45, 7) is 4.00. The number of benzene rings is 1. The molecule has 90 valence electrons. The average molecular weight is 312 g/mol. The van der Waals surface area contributed by atoms with Crippen molar-refractivity contribution in [2.45, 2.75) is 26.4 Å². The van der Waals surface area contributed by atoms with E-state index in [4.69, 9.17) is 0 Å². The summed E-state index contributed by atoms with van der Waals surface area (Å²) >= 11 is 5.06. The van der Waals surface area contributed by atoms with Gasteiger partial charge in [0.1, 0.15) is 0 Å². The Hall–Kier alpha value is -0.710. The molecule has 1 heterocycles. The molecule has 0 saturated carbocycles. The molecule has 1 N–H and O–H groups in total. The molecule has 0 aliphatic heterocycles. The van der Waals surface area contributed by atoms with Crippen molar-refractivity contribution in [1.29, 1.82) is 0 Å². The Morgan fingerprint density at radius 3 is 2.71 bits per heavy atom. The largest absolute Gasteiger partial charge is 0.388 e. The van der Waals surface area contributed by atoms with Crippen LogP contribution in [-0.2, 0) is 6.42 Å². The third-order valence-electron chi connectivity index (χ3n) is 2.52. The third-order valence-corrected chi connectivity index (χ3v) is 3.80. The molecule has 0 radical (unpaired) electrons. The first-order valence-corrected chi connectivity index (χ1v) is 7.08. The van der Waals surface area contributed by atoms with Crippen LogP contribution in [0.25, 0.3) is 0 Å². The second-order valence-electron chi connectivity index (χ2n) is 4.14. The number of halogens is 1. The van der Waals surface area contributed by atoms with Gasteiger partial charge < -0.3 is 5.11 Å². The Bertz CT molecular complexity index is 504. The molecule has 4 heteroatoms. The minimum atomic E-state index is -0.493. The van der Waals surface area contributed by atoms with Gasteiger partial charge in [-0.2, -0.15) is 0 Å². The van der Waals surface area contributed by atoms with E-state index in [-0.39, 0.29) is 0 Å². The second kappa shape index (κ2) is 5.29. The van der Waals surface area contributed by atoms with E-state index >= 15 is 0 Å². The highest BCUT2D eigenvalue weighted by molar-refractivity contribution is 9.10. The summed E-state index contributed by atoms with van der Waals surface area (Å²) < 4.78 is 1.00. The molecule has 1 aromatic carbocycles. The van der Waals surface area contributed by atoms with Crippen LogP contribution < -0.4 is 0 Å². The van der Waals surface area contributed by atoms with Gasteiger partial charge in [0.05, 0.1) is 16.8 Å². The van der Waals surface area contributed by atoms with Crippen molar-refractivity contribution in [2.24, 2.45) is 0 Å². The molecule has 17 heavy (non-hydrogen) atoms. The summed E-state index contributed by atoms with van der Waals surface area (Å²) in [5, 5.41) is 13.2. The highest BCUT2D eigenvalue weighted by atomic mass is 79.9. The van der Waals surface area contributed by atoms with Crippen molar-refractivity contribution in [2.75, 3.05) is 0 Å². The molecule has 0 saturated heterocycles. The van der Waals surface area contributed by atoms with Crippen LogP contribution in [-0.4, -0.2) is 10.1 Å². The zero-order valence-corrected chi connectivity index (χ0v) is 12.2. The Balaban J connectivity index is 2.16. The van der Waals surface area contributed by atoms with E-state index in [1.54, 1.807) is 11.3 Å². The van der Waals surface area contributed by atoms with Gasteiger partial charge in [-0.1, -0.05) is 22.0 Å². The van der Waals surface area contributed by atoms with Gasteiger partial charge in [-0.15, -0.1) is 11.3 Å². The lowest BCUT2D eigenvalue weighted by atomic mass is 10.0. The van der Waals surface area contributed by atoms with Gasteiger partial charge in [-0.3, -0.25) is 0 Å². The molecule has 0 fully saturated rings. The maximum Gasteiger partial charge on any atom is 0.0897 e. The lowest BCUT2D eigenvalue weighted by molar-refractivity contribution is 0.177. The summed E-state index contributed by atoms with van der Waals surface area (Å²) in [6.07, 6.45) is 0.0768. The summed E-state index contributed by atoms with van der Waals surface area (Å²) in [6, 6.07) is 5.99. The standard InChI is InChI=1S/C13H14BrNOS/c1-8-3-10(5-11(14)4-8)13(16)6-12-7-17-9(2)15-12/h3-5,7,13,16H,6H2,1-2H3. The Morgan fingerprint density at radius 2 is 2.12 bits per heavy atom. The lowest BCUT2D eigenvalue weighted by Gasteiger charge is -2.11. The topological polar surface area (TPSA) is 33.1 Å². The van der Waals surface area contributed by atoms with Crippen LogP contribution >= 0.6 is 27.3 Å². The van der Waals surface area contributed by atoms with Crippen molar-refractivity contribution in [3.8, 4) is 0 Å². The average Bonchev–Trinajstić information content (AvgIpc) is 2.62. The van der Waals surface area contributed by atoms with Crippen molar-refractivity contribution in [1.82, 2.24) is 4.98 Å². The summed E-state index contributed by atoms with van der Waals surface area (Å²) in [5.41, 5.74) is 3.03. The van der Waals surface area contributed by atoms with Gasteiger partial charge in [0.15, 0.2) is 0 Å². The van der Waals surface area contributed by atoms with Crippen LogP contribution in [0.3, 0.4) is 0 Å². The maximum absolute atomic E-state index is 10.2. The number of hydrogen-bond acceptors (Lipinski definition) is 3. The highest BCUT2D eigenvalue weighted by Gasteiger charge is 2.11. The fourth-order valence-corrected chi connectivity index (χ4v) is 3.03. The number of rotatable bonds is 3. The first-order valence-electron chi connectivity index (χ1n) is 5.41. The third kappa shape index (κ3) is 3.37. The summed E-state index contributed by atoms with van der Waals surface area (Å²) in [5.74, 6) is 0. The maximum atomic E-state index is 10.2. The fraction of sp³-hybridized carbons (Fsp3) is 0.308. The van der Waals surface area contributed by atoms with Crippen LogP contribution in [0.2, 0.25) is 0 Å². The molecule has 2 nitrogen and oxygen atoms in total. The highest BCUT2D eigenvalue weighted by Crippen LogP contribution is 2.24. The normalized spacial score (nSPS) is 12.7. The van der Waals surface area contributed by atoms with Gasteiger partial charge in [-0.05, 0) is 37.1 Å². The Morgan fingerprint density at radius 1 is 1.35 bits per heavy atom. The van der Waals surface area contributed by atoms with Gasteiger partial charge in [0.2, 0.25) is 0 Å². The zero-order chi connectivity index (χ0) is 12.4. The van der Waals surface area contributed by atoms with E-state index < -0.39 is 6.10 Å². The predicted octanol–water partition coefficient (Wildman–Crippen LogP) is 3.80. The number of aromatic nitrogens is 1. The number of aryl methyl sites for hydroxylation is 2. The van der Waals surface area contributed by atoms with Gasteiger partial charge in [0, 0.05) is 16.3 Å². The van der Waals surface area contributed by atoms with E-state index in [0.717, 1.165) is 26.3 Å². The second-order valence-corrected chi connectivity index (χ2v) is 6.12. The molecule has 2 rings (SSSR count). The molecule has 0 spiro atoms. The molecule has 0 bridgehead atoms. The molecule has 0 aliphatic carbocycles. The van der Waals surface area contributed by atoms with Crippen molar-refractivity contribution < 1.29 is 5.11 Å². The predicted molar refractivity (Wildman–Crippen MR) is 74.4 cm³/mol. The van der Waals surface area contributed by atoms with Crippen LogP contribution in [0.5, 0.6) is 0 Å². The van der Waals surface area contributed by atoms with E-state index in [1.807, 2.05) is 37.4 Å². The van der Waals surface area contributed by atoms with E-state index in [1.165, 1.54) is 0 Å². The molecule has 0 aliphatic rings. The Labute approximate surface area is 113 Å². The molecule has 1 atom stereocenters. The number of thiazole rings is 1. The first kappa shape index (κ1) is 12.7. The lowest BCUT2D eigenvalue weighted by Crippen LogP contribution is -2.02. The smallest absolute Gasteiger partial charge is 0.0897 e. The van der Waals surface area contributed by atoms with Crippen LogP contribution in [0.1, 0.15) is 27.9 Å². The minimum Gasteiger partial charge on any atom is -0.388 e. The summed E-state index contributed by atoms with van der Waals surface area (Å²) in [7, 11) is 0. The minimum absolute atomic E-state index is 0.493. The van der Waals surface area contributed by atoms with Crippen LogP contribution in [0, 0.1) is 13.8 Å². The van der Waals surface area contributed by atoms with Crippen molar-refractivity contribution in [3.05, 3.63) is 49.9 Å². The van der Waals surface area contributed by atoms with Gasteiger partial charge >= 0.3 is 0 Å². The Kier molecular flexibility index (Phi) is 3.97. The number of hydrogen-bond donors (Lipinski definition) is 1. The number of aliphatic hydroxyl groups excluding tert-OH is 1. The van der Waals surface area contributed by atoms with E-state index in [0.29, 0.717) is 6.42 Å². The molecule has 1 unspecified atom stereocenters. The molecular formula is C13H14BrNOS. The van der Waals surface area contributed by atoms with E-state index in [9.17, 15) is 5.11 Å². The number of nitrogens with zero attached hydrogens (tertiary/aromatic N) is 1.